The molecule has 5 heteroatoms. The van der Waals surface area contributed by atoms with E-state index in [9.17, 15) is 0 Å². The molecular weight excluding hydrogens is 366 g/mol. The Kier molecular flexibility index (Phi) is 6.90. The Bertz CT molecular complexity index is 979. The molecular formula is C24H23NO4. The van der Waals surface area contributed by atoms with E-state index in [2.05, 4.69) is 4.99 Å². The van der Waals surface area contributed by atoms with Crippen LogP contribution in [0.25, 0.3) is 0 Å². The predicted octanol–water partition coefficient (Wildman–Crippen LogP) is 5.80. The molecule has 3 aromatic rings. The molecule has 0 bridgehead atoms. The van der Waals surface area contributed by atoms with E-state index in [-0.39, 0.29) is 0 Å². The number of benzene rings is 3. The van der Waals surface area contributed by atoms with Gasteiger partial charge < -0.3 is 18.9 Å². The monoisotopic (exact) mass is 389 g/mol. The van der Waals surface area contributed by atoms with Crippen molar-refractivity contribution < 1.29 is 18.9 Å². The largest absolute Gasteiger partial charge is 0.497 e. The van der Waals surface area contributed by atoms with Crippen molar-refractivity contribution in [3.05, 3.63) is 90.7 Å². The smallest absolute Gasteiger partial charge is 0.225 e. The Morgan fingerprint density at radius 1 is 0.724 bits per heavy atom. The molecule has 0 fully saturated rings. The summed E-state index contributed by atoms with van der Waals surface area (Å²) in [5.74, 6) is 3.13. The number of rotatable bonds is 7. The van der Waals surface area contributed by atoms with Crippen molar-refractivity contribution in [2.75, 3.05) is 14.2 Å². The lowest BCUT2D eigenvalue weighted by Gasteiger charge is -2.11. The summed E-state index contributed by atoms with van der Waals surface area (Å²) in [7, 11) is 3.23. The van der Waals surface area contributed by atoms with Gasteiger partial charge in [-0.15, -0.1) is 0 Å². The van der Waals surface area contributed by atoms with Crippen molar-refractivity contribution in [1.82, 2.24) is 0 Å². The average molecular weight is 389 g/mol. The van der Waals surface area contributed by atoms with Crippen LogP contribution in [0.3, 0.4) is 0 Å². The van der Waals surface area contributed by atoms with Crippen molar-refractivity contribution in [2.24, 2.45) is 4.99 Å². The van der Waals surface area contributed by atoms with Crippen LogP contribution in [0.15, 0.2) is 95.7 Å². The second-order valence-corrected chi connectivity index (χ2v) is 6.10. The second kappa shape index (κ2) is 9.99. The van der Waals surface area contributed by atoms with Gasteiger partial charge in [-0.25, -0.2) is 4.99 Å². The van der Waals surface area contributed by atoms with Gasteiger partial charge in [0.1, 0.15) is 11.5 Å². The first kappa shape index (κ1) is 20.0. The number of aliphatic imine (C=N–C) groups is 1. The zero-order valence-corrected chi connectivity index (χ0v) is 16.7. The molecule has 0 aliphatic heterocycles. The van der Waals surface area contributed by atoms with Gasteiger partial charge >= 0.3 is 0 Å². The lowest BCUT2D eigenvalue weighted by Crippen LogP contribution is -2.11. The van der Waals surface area contributed by atoms with Gasteiger partial charge in [0.25, 0.3) is 0 Å². The molecule has 0 amide bonds. The van der Waals surface area contributed by atoms with Gasteiger partial charge in [0.05, 0.1) is 26.2 Å². The van der Waals surface area contributed by atoms with Crippen molar-refractivity contribution in [2.45, 2.75) is 6.92 Å². The molecule has 5 nitrogen and oxygen atoms in total. The van der Waals surface area contributed by atoms with E-state index in [1.54, 1.807) is 20.5 Å². The number of hydrogen-bond donors (Lipinski definition) is 0. The van der Waals surface area contributed by atoms with E-state index < -0.39 is 0 Å². The summed E-state index contributed by atoms with van der Waals surface area (Å²) < 4.78 is 22.4. The standard InChI is InChI=1S/C24H23NO4/c1-18(17-28-23-12-8-7-11-22(23)27-3)24(29-21-9-5-4-6-10-21)25-19-13-15-20(26-2)16-14-19/h4-17H,1-3H3/b18-17+,25-24+. The van der Waals surface area contributed by atoms with Crippen LogP contribution in [-0.4, -0.2) is 20.1 Å². The number of hydrogen-bond acceptors (Lipinski definition) is 5. The summed E-state index contributed by atoms with van der Waals surface area (Å²) in [6.45, 7) is 1.88. The van der Waals surface area contributed by atoms with Crippen LogP contribution < -0.4 is 18.9 Å². The maximum atomic E-state index is 6.02. The lowest BCUT2D eigenvalue weighted by atomic mass is 10.3. The molecule has 3 aromatic carbocycles. The molecule has 0 radical (unpaired) electrons. The van der Waals surface area contributed by atoms with Crippen molar-refractivity contribution in [3.8, 4) is 23.0 Å². The molecule has 0 saturated carbocycles. The Morgan fingerprint density at radius 2 is 1.38 bits per heavy atom. The fourth-order valence-electron chi connectivity index (χ4n) is 2.48. The highest BCUT2D eigenvalue weighted by Gasteiger charge is 2.09. The van der Waals surface area contributed by atoms with Gasteiger partial charge in [-0.05, 0) is 55.5 Å². The summed E-state index contributed by atoms with van der Waals surface area (Å²) in [5.41, 5.74) is 1.46. The van der Waals surface area contributed by atoms with Gasteiger partial charge in [0.15, 0.2) is 11.5 Å². The van der Waals surface area contributed by atoms with Crippen molar-refractivity contribution in [1.29, 1.82) is 0 Å². The number of methoxy groups -OCH3 is 2. The zero-order chi connectivity index (χ0) is 20.5. The lowest BCUT2D eigenvalue weighted by molar-refractivity contribution is 0.377. The first-order valence-electron chi connectivity index (χ1n) is 9.12. The van der Waals surface area contributed by atoms with Crippen LogP contribution in [0, 0.1) is 0 Å². The first-order chi connectivity index (χ1) is 14.2. The minimum absolute atomic E-state index is 0.427. The molecule has 0 saturated heterocycles. The third-order valence-electron chi connectivity index (χ3n) is 4.03. The highest BCUT2D eigenvalue weighted by Crippen LogP contribution is 2.27. The first-order valence-corrected chi connectivity index (χ1v) is 9.12. The summed E-state index contributed by atoms with van der Waals surface area (Å²) in [5, 5.41) is 0. The number of nitrogens with zero attached hydrogens (tertiary/aromatic N) is 1. The van der Waals surface area contributed by atoms with Crippen LogP contribution in [0.2, 0.25) is 0 Å². The van der Waals surface area contributed by atoms with E-state index in [4.69, 9.17) is 18.9 Å². The molecule has 0 unspecified atom stereocenters. The fourth-order valence-corrected chi connectivity index (χ4v) is 2.48. The zero-order valence-electron chi connectivity index (χ0n) is 16.7. The van der Waals surface area contributed by atoms with E-state index in [1.807, 2.05) is 85.8 Å². The highest BCUT2D eigenvalue weighted by molar-refractivity contribution is 5.96. The maximum Gasteiger partial charge on any atom is 0.225 e. The van der Waals surface area contributed by atoms with Gasteiger partial charge in [-0.3, -0.25) is 0 Å². The molecule has 0 spiro atoms. The Labute approximate surface area is 170 Å². The molecule has 3 rings (SSSR count). The summed E-state index contributed by atoms with van der Waals surface area (Å²) in [6, 6.07) is 24.4. The SMILES string of the molecule is COc1ccc(/N=C(Oc2ccccc2)\C(C)=C\Oc2ccccc2OC)cc1. The number of ether oxygens (including phenoxy) is 4. The van der Waals surface area contributed by atoms with Crippen LogP contribution in [0.5, 0.6) is 23.0 Å². The molecule has 29 heavy (non-hydrogen) atoms. The van der Waals surface area contributed by atoms with Crippen molar-refractivity contribution in [3.63, 3.8) is 0 Å². The fraction of sp³-hybridized carbons (Fsp3) is 0.125. The third kappa shape index (κ3) is 5.62. The molecule has 0 N–H and O–H groups in total. The van der Waals surface area contributed by atoms with E-state index in [1.165, 1.54) is 0 Å². The molecule has 148 valence electrons. The molecule has 0 aliphatic carbocycles. The molecule has 0 aromatic heterocycles. The normalized spacial score (nSPS) is 11.7. The number of para-hydroxylation sites is 3. The summed E-state index contributed by atoms with van der Waals surface area (Å²) in [4.78, 5) is 4.64. The Balaban J connectivity index is 1.89. The van der Waals surface area contributed by atoms with Crippen LogP contribution in [0.1, 0.15) is 6.92 Å². The Morgan fingerprint density at radius 3 is 2.03 bits per heavy atom. The second-order valence-electron chi connectivity index (χ2n) is 6.10. The minimum Gasteiger partial charge on any atom is -0.497 e. The van der Waals surface area contributed by atoms with Crippen LogP contribution >= 0.6 is 0 Å². The van der Waals surface area contributed by atoms with E-state index in [0.29, 0.717) is 23.1 Å². The third-order valence-corrected chi connectivity index (χ3v) is 4.03. The van der Waals surface area contributed by atoms with Crippen LogP contribution in [-0.2, 0) is 0 Å². The van der Waals surface area contributed by atoms with Gasteiger partial charge in [0, 0.05) is 5.57 Å². The van der Waals surface area contributed by atoms with E-state index >= 15 is 0 Å². The highest BCUT2D eigenvalue weighted by atomic mass is 16.5. The van der Waals surface area contributed by atoms with Gasteiger partial charge in [-0.2, -0.15) is 0 Å². The summed E-state index contributed by atoms with van der Waals surface area (Å²) >= 11 is 0. The van der Waals surface area contributed by atoms with E-state index in [0.717, 1.165) is 17.0 Å². The molecule has 0 aliphatic rings. The van der Waals surface area contributed by atoms with Gasteiger partial charge in [-0.1, -0.05) is 30.3 Å². The summed E-state index contributed by atoms with van der Waals surface area (Å²) in [6.07, 6.45) is 1.60. The average Bonchev–Trinajstić information content (AvgIpc) is 2.78. The van der Waals surface area contributed by atoms with Gasteiger partial charge in [0.2, 0.25) is 5.90 Å². The Hall–Kier alpha value is -3.73. The molecule has 0 heterocycles. The quantitative estimate of drug-likeness (QED) is 0.291. The molecule has 0 atom stereocenters. The van der Waals surface area contributed by atoms with Crippen LogP contribution in [0.4, 0.5) is 5.69 Å². The maximum absolute atomic E-state index is 6.02. The topological polar surface area (TPSA) is 49.3 Å². The predicted molar refractivity (Wildman–Crippen MR) is 115 cm³/mol. The van der Waals surface area contributed by atoms with Crippen molar-refractivity contribution >= 4 is 11.6 Å². The minimum atomic E-state index is 0.427.